The van der Waals surface area contributed by atoms with Gasteiger partial charge in [0.05, 0.1) is 24.7 Å². The van der Waals surface area contributed by atoms with Crippen LogP contribution in [0.3, 0.4) is 0 Å². The number of ether oxygens (including phenoxy) is 6. The molecule has 6 N–H and O–H groups in total. The number of carboxylic acids is 1. The molecule has 4 saturated heterocycles. The maximum Gasteiger partial charge on any atom is 0.411 e. The Balaban J connectivity index is 0.000000149. The zero-order valence-corrected chi connectivity index (χ0v) is 87.7. The number of carboxylic acid groups (broad SMARTS) is 1. The number of nitrogens with one attached hydrogen (secondary N) is 2. The lowest BCUT2D eigenvalue weighted by atomic mass is 9.51. The molecule has 4 aromatic carbocycles. The predicted octanol–water partition coefficient (Wildman–Crippen LogP) is 25.4. The van der Waals surface area contributed by atoms with Crippen LogP contribution in [0.4, 0.5) is 19.2 Å². The molecule has 0 radical (unpaired) electrons. The number of esters is 1. The van der Waals surface area contributed by atoms with E-state index in [4.69, 9.17) is 48.3 Å². The Morgan fingerprint density at radius 1 is 0.388 bits per heavy atom. The molecule has 28 heteroatoms. The molecular formula is C106H145Br4N9O15. The normalized spacial score (nSPS) is 28.8. The van der Waals surface area contributed by atoms with Crippen molar-refractivity contribution in [1.29, 1.82) is 0 Å². The third-order valence-electron chi connectivity index (χ3n) is 31.7. The average Bonchev–Trinajstić information content (AvgIpc) is 1.50. The van der Waals surface area contributed by atoms with Gasteiger partial charge in [0.2, 0.25) is 0 Å². The molecule has 16 fully saturated rings. The van der Waals surface area contributed by atoms with Gasteiger partial charge in [-0.25, -0.2) is 33.9 Å². The molecule has 22 rings (SSSR count). The molecule has 24 nitrogen and oxygen atoms in total. The van der Waals surface area contributed by atoms with Crippen LogP contribution in [0.15, 0.2) is 127 Å². The molecule has 134 heavy (non-hydrogen) atoms. The van der Waals surface area contributed by atoms with Crippen molar-refractivity contribution in [3.8, 4) is 0 Å². The van der Waals surface area contributed by atoms with Crippen molar-refractivity contribution in [3.05, 3.63) is 173 Å². The van der Waals surface area contributed by atoms with Gasteiger partial charge in [0.1, 0.15) is 46.7 Å². The van der Waals surface area contributed by atoms with E-state index in [0.717, 1.165) is 161 Å². The Labute approximate surface area is 827 Å². The van der Waals surface area contributed by atoms with Crippen LogP contribution in [0.2, 0.25) is 0 Å². The molecule has 0 spiro atoms. The smallest absolute Gasteiger partial charge is 0.411 e. The number of carbonyl (C=O) groups excluding carboxylic acids is 7. The van der Waals surface area contributed by atoms with Crippen LogP contribution in [0, 0.1) is 10.8 Å². The van der Waals surface area contributed by atoms with Gasteiger partial charge in [0, 0.05) is 96.4 Å². The molecule has 16 aliphatic rings. The first kappa shape index (κ1) is 104. The number of halogens is 4. The number of aliphatic carboxylic acids is 1. The molecule has 0 unspecified atom stereocenters. The van der Waals surface area contributed by atoms with Crippen LogP contribution in [-0.4, -0.2) is 173 Å². The first-order chi connectivity index (χ1) is 62.8. The van der Waals surface area contributed by atoms with E-state index in [9.17, 15) is 33.6 Å². The van der Waals surface area contributed by atoms with Gasteiger partial charge >= 0.3 is 30.3 Å². The van der Waals surface area contributed by atoms with Gasteiger partial charge in [-0.2, -0.15) is 0 Å². The highest BCUT2D eigenvalue weighted by molar-refractivity contribution is 9.11. The van der Waals surface area contributed by atoms with Crippen LogP contribution >= 0.6 is 63.7 Å². The number of hydrogen-bond acceptors (Lipinski definition) is 17. The molecule has 2 aromatic heterocycles. The number of nitrogens with zero attached hydrogens (tertiary/aromatic N) is 6. The number of rotatable bonds is 17. The van der Waals surface area contributed by atoms with Crippen LogP contribution in [0.1, 0.15) is 353 Å². The Bertz CT molecular complexity index is 5040. The van der Waals surface area contributed by atoms with E-state index in [1.54, 1.807) is 25.7 Å². The highest BCUT2D eigenvalue weighted by Gasteiger charge is 2.57. The summed E-state index contributed by atoms with van der Waals surface area (Å²) in [6, 6.07) is 34.5. The van der Waals surface area contributed by atoms with E-state index in [1.165, 1.54) is 120 Å². The number of aromatic amines is 2. The standard InChI is InChI=1S/2C26H34BrN3O2.C26H34BrNO5.C26H36BrNO4.C2H4O2.H3N/c1-24(2,3)32-23(31)30-15-5-8-20(30)22-28-17-21(29-22)26-12-9-25(10-13-26,11-14-26)18-6-4-7-19(27)16-18;1-24(2,3)32-23(31)30-16-4-5-20(30)22-28-17-21(29-22)26-13-10-25(11-14-26,12-15-26)18-6-8-19(27)9-7-18;1-24(2,3)33-23(31)28-15-5-8-20(28)22(30)32-17-21(29)26-12-9-25(10-13-26,11-14-26)18-6-4-7-19(27)16-18;1-24(2,3)32-23(30)28-16-4-5-21(28)17-31-18-22(29)26-13-10-25(11-14-26,12-15-26)19-6-8-20(27)9-7-19;1-2(3)4;/h4,6-7,16-17,20H,5,8-15H2,1-3H3,(H,28,29);6-9,17,20H,4-5,10-16H2,1-3H3,(H,28,29);4,6-7,16,20H,5,8-15,17H2,1-3H3;6-9,21H,4-5,10-18H2,1-3H3;1H3,(H,3,4);1H3/t3*20-,25?,26?;21-,25?,26?;;/m0000../s1. The minimum atomic E-state index is -0.833. The van der Waals surface area contributed by atoms with Gasteiger partial charge in [0.15, 0.2) is 18.2 Å². The summed E-state index contributed by atoms with van der Waals surface area (Å²) in [5, 5.41) is 7.42. The van der Waals surface area contributed by atoms with E-state index in [-0.39, 0.29) is 99.8 Å². The Morgan fingerprint density at radius 2 is 0.694 bits per heavy atom. The molecule has 12 aliphatic carbocycles. The molecule has 4 atom stereocenters. The first-order valence-electron chi connectivity index (χ1n) is 48.9. The van der Waals surface area contributed by atoms with Gasteiger partial charge < -0.3 is 54.5 Å². The minimum Gasteiger partial charge on any atom is -0.481 e. The maximum absolute atomic E-state index is 13.2. The van der Waals surface area contributed by atoms with Gasteiger partial charge in [-0.1, -0.05) is 112 Å². The lowest BCUT2D eigenvalue weighted by Crippen LogP contribution is -2.49. The number of hydrogen-bond donors (Lipinski definition) is 4. The van der Waals surface area contributed by atoms with Crippen LogP contribution < -0.4 is 6.15 Å². The topological polar surface area (TPSA) is 317 Å². The van der Waals surface area contributed by atoms with E-state index < -0.39 is 46.5 Å². The lowest BCUT2D eigenvalue weighted by Gasteiger charge is -2.53. The number of carbonyl (C=O) groups is 8. The molecular weight excluding hydrogens is 1960 g/mol. The zero-order chi connectivity index (χ0) is 95.5. The van der Waals surface area contributed by atoms with Crippen molar-refractivity contribution < 1.29 is 71.9 Å². The average molecular weight is 2100 g/mol. The third-order valence-corrected chi connectivity index (χ3v) is 33.8. The Morgan fingerprint density at radius 3 is 1.06 bits per heavy atom. The third kappa shape index (κ3) is 24.0. The summed E-state index contributed by atoms with van der Waals surface area (Å²) in [5.74, 6) is 0.794. The summed E-state index contributed by atoms with van der Waals surface area (Å²) >= 11 is 14.3. The van der Waals surface area contributed by atoms with Crippen molar-refractivity contribution in [2.24, 2.45) is 10.8 Å². The van der Waals surface area contributed by atoms with Gasteiger partial charge in [-0.05, 0) is 381 Å². The number of H-pyrrole nitrogens is 2. The second kappa shape index (κ2) is 41.9. The number of aromatic nitrogens is 4. The molecule has 8 bridgehead atoms. The second-order valence-corrected chi connectivity index (χ2v) is 48.3. The first-order valence-corrected chi connectivity index (χ1v) is 52.1. The molecule has 732 valence electrons. The highest BCUT2D eigenvalue weighted by Crippen LogP contribution is 2.63. The van der Waals surface area contributed by atoms with Crippen molar-refractivity contribution >= 4 is 112 Å². The largest absolute Gasteiger partial charge is 0.481 e. The monoisotopic (exact) mass is 2100 g/mol. The number of fused-ring (bicyclic) bond motifs is 12. The molecule has 12 saturated carbocycles. The van der Waals surface area contributed by atoms with Crippen LogP contribution in [-0.2, 0) is 80.1 Å². The van der Waals surface area contributed by atoms with E-state index >= 15 is 0 Å². The number of Topliss-reactive ketones (excluding diaryl/α,β-unsaturated/α-hetero) is 2. The Kier molecular flexibility index (Phi) is 32.5. The van der Waals surface area contributed by atoms with Crippen molar-refractivity contribution in [2.45, 2.75) is 375 Å². The summed E-state index contributed by atoms with van der Waals surface area (Å²) in [4.78, 5) is 122. The van der Waals surface area contributed by atoms with Gasteiger partial charge in [-0.3, -0.25) is 29.1 Å². The summed E-state index contributed by atoms with van der Waals surface area (Å²) in [7, 11) is 0. The summed E-state index contributed by atoms with van der Waals surface area (Å²) < 4.78 is 38.2. The number of amides is 4. The molecule has 4 aliphatic heterocycles. The molecule has 6 heterocycles. The van der Waals surface area contributed by atoms with Crippen molar-refractivity contribution in [1.82, 2.24) is 45.7 Å². The minimum absolute atomic E-state index is 0. The second-order valence-electron chi connectivity index (χ2n) is 44.6. The van der Waals surface area contributed by atoms with Crippen molar-refractivity contribution in [3.63, 3.8) is 0 Å². The maximum atomic E-state index is 13.2. The number of ketones is 2. The van der Waals surface area contributed by atoms with Crippen molar-refractivity contribution in [2.75, 3.05) is 46.0 Å². The van der Waals surface area contributed by atoms with E-state index in [2.05, 4.69) is 177 Å². The van der Waals surface area contributed by atoms with Crippen LogP contribution in [0.5, 0.6) is 0 Å². The Hall–Kier alpha value is -7.50. The molecule has 6 aromatic rings. The fourth-order valence-electron chi connectivity index (χ4n) is 24.0. The van der Waals surface area contributed by atoms with Crippen LogP contribution in [0.25, 0.3) is 0 Å². The summed E-state index contributed by atoms with van der Waals surface area (Å²) in [6.45, 7) is 26.6. The fourth-order valence-corrected chi connectivity index (χ4v) is 25.4. The summed E-state index contributed by atoms with van der Waals surface area (Å²) in [5.41, 5.74) is 7.07. The quantitative estimate of drug-likeness (QED) is 0.0487. The summed E-state index contributed by atoms with van der Waals surface area (Å²) in [6.07, 6.45) is 35.9. The zero-order valence-electron chi connectivity index (χ0n) is 81.3. The van der Waals surface area contributed by atoms with Gasteiger partial charge in [0.25, 0.3) is 5.97 Å². The molecule has 4 amide bonds. The van der Waals surface area contributed by atoms with Gasteiger partial charge in [-0.15, -0.1) is 0 Å². The predicted molar refractivity (Wildman–Crippen MR) is 531 cm³/mol. The lowest BCUT2D eigenvalue weighted by molar-refractivity contribution is -0.157. The van der Waals surface area contributed by atoms with E-state index in [1.807, 2.05) is 78.2 Å². The number of likely N-dealkylation sites (tertiary alicyclic amines) is 4. The number of benzene rings is 4. The number of imidazole rings is 2. The fraction of sp³-hybridized carbons (Fsp3) is 0.642. The highest BCUT2D eigenvalue weighted by atomic mass is 79.9. The SMILES string of the molecule is CC(=O)O.CC(C)(C)OC(=O)N1CCC[C@H]1C(=O)OCC(=O)C12CCC(c3cccc(Br)c3)(CC1)CC2.CC(C)(C)OC(=O)N1CCC[C@H]1COCC(=O)C12CCC(c3ccc(Br)cc3)(CC1)CC2.CC(C)(C)OC(=O)N1CCC[C@H]1c1ncc(C23CCC(c4ccc(Br)cc4)(CC2)CC3)[nH]1.CC(C)(C)OC(=O)N1CCC[C@H]1c1ncc(C23CCC(c4cccc(Br)c4)(CC2)CC3)[nH]1.N. The van der Waals surface area contributed by atoms with E-state index in [0.29, 0.717) is 43.4 Å².